The van der Waals surface area contributed by atoms with Crippen molar-refractivity contribution in [2.45, 2.75) is 25.3 Å². The molecule has 0 aliphatic carbocycles. The number of carbonyl (C=O) groups excluding carboxylic acids is 2. The van der Waals surface area contributed by atoms with Crippen LogP contribution in [0, 0.1) is 0 Å². The van der Waals surface area contributed by atoms with Crippen LogP contribution in [0.1, 0.15) is 29.9 Å². The highest BCUT2D eigenvalue weighted by molar-refractivity contribution is 7.89. The lowest BCUT2D eigenvalue weighted by molar-refractivity contribution is -0.116. The van der Waals surface area contributed by atoms with Gasteiger partial charge in [-0.15, -0.1) is 11.3 Å². The van der Waals surface area contributed by atoms with E-state index in [0.29, 0.717) is 43.7 Å². The first-order valence-corrected chi connectivity index (χ1v) is 11.7. The molecule has 1 fully saturated rings. The molecule has 11 heteroatoms. The van der Waals surface area contributed by atoms with Crippen molar-refractivity contribution in [1.29, 1.82) is 0 Å². The summed E-state index contributed by atoms with van der Waals surface area (Å²) in [7, 11) is -3.61. The first-order valence-electron chi connectivity index (χ1n) is 9.40. The summed E-state index contributed by atoms with van der Waals surface area (Å²) in [6.07, 6.45) is 0. The van der Waals surface area contributed by atoms with Crippen molar-refractivity contribution in [3.8, 4) is 0 Å². The summed E-state index contributed by atoms with van der Waals surface area (Å²) in [4.78, 5) is 29.9. The van der Waals surface area contributed by atoms with Crippen LogP contribution in [-0.2, 0) is 30.9 Å². The molecule has 0 unspecified atom stereocenters. The molecule has 2 aromatic rings. The smallest absolute Gasteiger partial charge is 0.338 e. The Hall–Kier alpha value is -2.34. The topological polar surface area (TPSA) is 106 Å². The van der Waals surface area contributed by atoms with Crippen LogP contribution in [-0.4, -0.2) is 62.4 Å². The van der Waals surface area contributed by atoms with E-state index >= 15 is 0 Å². The molecule has 0 N–H and O–H groups in total. The van der Waals surface area contributed by atoms with Crippen LogP contribution in [0.5, 0.6) is 0 Å². The number of rotatable bonds is 7. The summed E-state index contributed by atoms with van der Waals surface area (Å²) in [6, 6.07) is 5.65. The Morgan fingerprint density at radius 1 is 1.23 bits per heavy atom. The highest BCUT2D eigenvalue weighted by Crippen LogP contribution is 2.22. The maximum Gasteiger partial charge on any atom is 0.338 e. The van der Waals surface area contributed by atoms with Gasteiger partial charge in [0.2, 0.25) is 15.9 Å². The minimum Gasteiger partial charge on any atom is -0.456 e. The number of anilines is 1. The summed E-state index contributed by atoms with van der Waals surface area (Å²) in [5.74, 6) is -0.693. The van der Waals surface area contributed by atoms with Gasteiger partial charge < -0.3 is 9.47 Å². The molecule has 1 aliphatic rings. The number of hydrogen-bond acceptors (Lipinski definition) is 8. The lowest BCUT2D eigenvalue weighted by Crippen LogP contribution is -2.40. The molecular formula is C19H23N3O6S2. The number of ether oxygens (including phenoxy) is 2. The average Bonchev–Trinajstić information content (AvgIpc) is 3.21. The Balaban J connectivity index is 1.61. The highest BCUT2D eigenvalue weighted by Gasteiger charge is 2.26. The van der Waals surface area contributed by atoms with E-state index in [-0.39, 0.29) is 23.0 Å². The summed E-state index contributed by atoms with van der Waals surface area (Å²) in [6.45, 7) is 5.12. The van der Waals surface area contributed by atoms with Crippen molar-refractivity contribution >= 4 is 38.4 Å². The Morgan fingerprint density at radius 3 is 2.50 bits per heavy atom. The fraction of sp³-hybridized carbons (Fsp3) is 0.421. The van der Waals surface area contributed by atoms with Crippen LogP contribution >= 0.6 is 11.3 Å². The number of esters is 1. The lowest BCUT2D eigenvalue weighted by atomic mass is 10.2. The van der Waals surface area contributed by atoms with Crippen LogP contribution in [0.4, 0.5) is 5.13 Å². The second-order valence-corrected chi connectivity index (χ2v) is 9.28. The average molecular weight is 454 g/mol. The van der Waals surface area contributed by atoms with Gasteiger partial charge in [0, 0.05) is 31.9 Å². The second-order valence-electron chi connectivity index (χ2n) is 6.50. The molecule has 30 heavy (non-hydrogen) atoms. The zero-order valence-corrected chi connectivity index (χ0v) is 18.4. The minimum absolute atomic E-state index is 0.0430. The summed E-state index contributed by atoms with van der Waals surface area (Å²) in [5.41, 5.74) is 0.778. The Kier molecular flexibility index (Phi) is 7.19. The summed E-state index contributed by atoms with van der Waals surface area (Å²) < 4.78 is 37.1. The first kappa shape index (κ1) is 22.3. The number of aromatic nitrogens is 1. The lowest BCUT2D eigenvalue weighted by Gasteiger charge is -2.26. The van der Waals surface area contributed by atoms with E-state index in [2.05, 4.69) is 4.98 Å². The van der Waals surface area contributed by atoms with Gasteiger partial charge in [0.25, 0.3) is 0 Å². The zero-order chi connectivity index (χ0) is 21.7. The van der Waals surface area contributed by atoms with Crippen molar-refractivity contribution in [3.63, 3.8) is 0 Å². The second kappa shape index (κ2) is 9.65. The molecule has 1 aromatic heterocycles. The fourth-order valence-corrected chi connectivity index (χ4v) is 5.23. The van der Waals surface area contributed by atoms with E-state index in [1.54, 1.807) is 5.38 Å². The van der Waals surface area contributed by atoms with Crippen LogP contribution in [0.3, 0.4) is 0 Å². The number of thiazole rings is 1. The molecule has 1 aliphatic heterocycles. The third-order valence-electron chi connectivity index (χ3n) is 4.52. The van der Waals surface area contributed by atoms with Crippen LogP contribution in [0.25, 0.3) is 0 Å². The van der Waals surface area contributed by atoms with E-state index in [0.717, 1.165) is 0 Å². The van der Waals surface area contributed by atoms with E-state index in [1.165, 1.54) is 51.7 Å². The molecule has 3 rings (SSSR count). The number of nitrogens with zero attached hydrogens (tertiary/aromatic N) is 3. The molecule has 0 saturated carbocycles. The molecule has 0 spiro atoms. The predicted octanol–water partition coefficient (Wildman–Crippen LogP) is 1.89. The number of morpholine rings is 1. The number of carbonyl (C=O) groups is 2. The third-order valence-corrected chi connectivity index (χ3v) is 7.34. The van der Waals surface area contributed by atoms with Gasteiger partial charge in [-0.3, -0.25) is 9.69 Å². The number of benzene rings is 1. The van der Waals surface area contributed by atoms with Gasteiger partial charge in [-0.2, -0.15) is 4.31 Å². The van der Waals surface area contributed by atoms with E-state index in [1.807, 2.05) is 6.92 Å². The predicted molar refractivity (Wildman–Crippen MR) is 111 cm³/mol. The largest absolute Gasteiger partial charge is 0.456 e. The summed E-state index contributed by atoms with van der Waals surface area (Å²) >= 11 is 1.30. The Morgan fingerprint density at radius 2 is 1.90 bits per heavy atom. The zero-order valence-electron chi connectivity index (χ0n) is 16.7. The van der Waals surface area contributed by atoms with Crippen molar-refractivity contribution < 1.29 is 27.5 Å². The number of sulfonamides is 1. The highest BCUT2D eigenvalue weighted by atomic mass is 32.2. The van der Waals surface area contributed by atoms with Gasteiger partial charge in [-0.25, -0.2) is 18.2 Å². The number of amides is 1. The Bertz CT molecular complexity index is 998. The molecule has 9 nitrogen and oxygen atoms in total. The standard InChI is InChI=1S/C19H23N3O6S2/c1-3-22(14(2)23)19-20-16(13-29-19)12-28-18(24)15-4-6-17(7-5-15)30(25,26)21-8-10-27-11-9-21/h4-7,13H,3,8-12H2,1-2H3. The van der Waals surface area contributed by atoms with Gasteiger partial charge in [0.15, 0.2) is 5.13 Å². The molecule has 2 heterocycles. The van der Waals surface area contributed by atoms with E-state index in [4.69, 9.17) is 9.47 Å². The van der Waals surface area contributed by atoms with Crippen LogP contribution < -0.4 is 4.90 Å². The van der Waals surface area contributed by atoms with Gasteiger partial charge >= 0.3 is 5.97 Å². The van der Waals surface area contributed by atoms with Gasteiger partial charge in [0.1, 0.15) is 6.61 Å². The van der Waals surface area contributed by atoms with Crippen molar-refractivity contribution in [1.82, 2.24) is 9.29 Å². The first-order chi connectivity index (χ1) is 14.3. The molecular weight excluding hydrogens is 430 g/mol. The van der Waals surface area contributed by atoms with Crippen LogP contribution in [0.15, 0.2) is 34.5 Å². The molecule has 0 radical (unpaired) electrons. The maximum absolute atomic E-state index is 12.6. The van der Waals surface area contributed by atoms with Gasteiger partial charge in [0.05, 0.1) is 29.4 Å². The Labute approximate surface area is 179 Å². The molecule has 1 saturated heterocycles. The number of hydrogen-bond donors (Lipinski definition) is 0. The van der Waals surface area contributed by atoms with Gasteiger partial charge in [-0.1, -0.05) is 0 Å². The molecule has 0 atom stereocenters. The van der Waals surface area contributed by atoms with Gasteiger partial charge in [-0.05, 0) is 31.2 Å². The monoisotopic (exact) mass is 453 g/mol. The SMILES string of the molecule is CCN(C(C)=O)c1nc(COC(=O)c2ccc(S(=O)(=O)N3CCOCC3)cc2)cs1. The van der Waals surface area contributed by atoms with E-state index < -0.39 is 16.0 Å². The fourth-order valence-electron chi connectivity index (χ4n) is 2.90. The van der Waals surface area contributed by atoms with Crippen molar-refractivity contribution in [2.75, 3.05) is 37.7 Å². The molecule has 162 valence electrons. The molecule has 1 aromatic carbocycles. The van der Waals surface area contributed by atoms with Crippen LogP contribution in [0.2, 0.25) is 0 Å². The maximum atomic E-state index is 12.6. The van der Waals surface area contributed by atoms with E-state index in [9.17, 15) is 18.0 Å². The van der Waals surface area contributed by atoms with Crippen molar-refractivity contribution in [2.24, 2.45) is 0 Å². The normalized spacial score (nSPS) is 15.0. The summed E-state index contributed by atoms with van der Waals surface area (Å²) in [5, 5.41) is 2.28. The molecule has 0 bridgehead atoms. The quantitative estimate of drug-likeness (QED) is 0.590. The van der Waals surface area contributed by atoms with Crippen molar-refractivity contribution in [3.05, 3.63) is 40.9 Å². The molecule has 1 amide bonds. The third kappa shape index (κ3) is 5.04. The minimum atomic E-state index is -3.61.